The van der Waals surface area contributed by atoms with Crippen molar-refractivity contribution in [1.82, 2.24) is 19.5 Å². The van der Waals surface area contributed by atoms with E-state index in [0.717, 1.165) is 41.9 Å². The number of aromatic nitrogens is 4. The highest BCUT2D eigenvalue weighted by atomic mass is 16.6. The van der Waals surface area contributed by atoms with Gasteiger partial charge in [0.25, 0.3) is 5.90 Å². The Hall–Kier alpha value is -3.53. The first-order valence-electron chi connectivity index (χ1n) is 11.6. The minimum absolute atomic E-state index is 0.0388. The third-order valence-corrected chi connectivity index (χ3v) is 6.27. The first-order valence-corrected chi connectivity index (χ1v) is 11.6. The van der Waals surface area contributed by atoms with Gasteiger partial charge in [-0.05, 0) is 37.7 Å². The summed E-state index contributed by atoms with van der Waals surface area (Å²) in [4.78, 5) is 24.9. The van der Waals surface area contributed by atoms with Crippen LogP contribution in [0.25, 0.3) is 22.4 Å². The van der Waals surface area contributed by atoms with E-state index < -0.39 is 12.0 Å². The van der Waals surface area contributed by atoms with E-state index in [4.69, 9.17) is 15.9 Å². The first kappa shape index (κ1) is 23.6. The van der Waals surface area contributed by atoms with Gasteiger partial charge < -0.3 is 25.5 Å². The van der Waals surface area contributed by atoms with Gasteiger partial charge in [-0.15, -0.1) is 0 Å². The van der Waals surface area contributed by atoms with Crippen molar-refractivity contribution in [3.63, 3.8) is 0 Å². The third-order valence-electron chi connectivity index (χ3n) is 6.27. The molecule has 1 aliphatic carbocycles. The van der Waals surface area contributed by atoms with Gasteiger partial charge in [-0.3, -0.25) is 5.41 Å². The first-order chi connectivity index (χ1) is 16.4. The zero-order valence-electron chi connectivity index (χ0n) is 19.5. The topological polar surface area (TPSA) is 152 Å². The highest BCUT2D eigenvalue weighted by molar-refractivity contribution is 5.98. The van der Waals surface area contributed by atoms with Crippen LogP contribution in [0.2, 0.25) is 0 Å². The Morgan fingerprint density at radius 3 is 2.71 bits per heavy atom. The van der Waals surface area contributed by atoms with E-state index in [-0.39, 0.29) is 12.4 Å². The summed E-state index contributed by atoms with van der Waals surface area (Å²) < 4.78 is 6.84. The SMILES string of the molecule is Cc1cccc(-c2nc(C(=N)OC(N)=O)nc3nc(NCCO)n(CC4CCC(C)CC4)c23)c1. The van der Waals surface area contributed by atoms with Gasteiger partial charge in [-0.2, -0.15) is 4.98 Å². The number of ether oxygens (including phenoxy) is 1. The molecule has 0 aliphatic heterocycles. The molecule has 1 fully saturated rings. The van der Waals surface area contributed by atoms with E-state index in [1.165, 1.54) is 12.8 Å². The van der Waals surface area contributed by atoms with Crippen LogP contribution in [0.3, 0.4) is 0 Å². The second-order valence-corrected chi connectivity index (χ2v) is 9.01. The van der Waals surface area contributed by atoms with Gasteiger partial charge in [0, 0.05) is 18.7 Å². The average molecular weight is 466 g/mol. The van der Waals surface area contributed by atoms with Gasteiger partial charge in [0.2, 0.25) is 11.8 Å². The summed E-state index contributed by atoms with van der Waals surface area (Å²) in [5, 5.41) is 20.7. The monoisotopic (exact) mass is 465 g/mol. The average Bonchev–Trinajstić information content (AvgIpc) is 3.15. The molecular formula is C24H31N7O3. The molecular weight excluding hydrogens is 434 g/mol. The lowest BCUT2D eigenvalue weighted by Crippen LogP contribution is -2.21. The number of nitrogens with one attached hydrogen (secondary N) is 2. The molecule has 0 atom stereocenters. The Labute approximate surface area is 198 Å². The van der Waals surface area contributed by atoms with Gasteiger partial charge >= 0.3 is 6.09 Å². The predicted molar refractivity (Wildman–Crippen MR) is 130 cm³/mol. The lowest BCUT2D eigenvalue weighted by Gasteiger charge is -2.27. The molecule has 34 heavy (non-hydrogen) atoms. The second kappa shape index (κ2) is 10.2. The Kier molecular flexibility index (Phi) is 7.06. The molecule has 0 saturated heterocycles. The second-order valence-electron chi connectivity index (χ2n) is 9.01. The minimum atomic E-state index is -1.10. The summed E-state index contributed by atoms with van der Waals surface area (Å²) in [6.45, 7) is 5.34. The molecule has 1 aromatic carbocycles. The van der Waals surface area contributed by atoms with Crippen molar-refractivity contribution in [3.05, 3.63) is 35.7 Å². The van der Waals surface area contributed by atoms with Crippen molar-refractivity contribution in [3.8, 4) is 11.3 Å². The molecule has 180 valence electrons. The van der Waals surface area contributed by atoms with Crippen LogP contribution in [0.1, 0.15) is 44.0 Å². The lowest BCUT2D eigenvalue weighted by molar-refractivity contribution is 0.207. The summed E-state index contributed by atoms with van der Waals surface area (Å²) in [6.07, 6.45) is 3.56. The number of benzene rings is 1. The Morgan fingerprint density at radius 1 is 1.26 bits per heavy atom. The standard InChI is InChI=1S/C24H31N7O3/c1-14-6-8-16(9-7-14)13-31-19-18(17-5-3-4-15(2)12-17)28-22(20(25)34-23(26)33)29-21(19)30-24(31)27-10-11-32/h3-5,12,14,16,25,32H,6-11,13H2,1-2H3,(H2,26,33)(H,27,28,29,30). The van der Waals surface area contributed by atoms with Crippen LogP contribution in [0, 0.1) is 24.2 Å². The number of anilines is 1. The molecule has 0 unspecified atom stereocenters. The van der Waals surface area contributed by atoms with Crippen molar-refractivity contribution in [2.75, 3.05) is 18.5 Å². The molecule has 0 spiro atoms. The predicted octanol–water partition coefficient (Wildman–Crippen LogP) is 3.45. The fraction of sp³-hybridized carbons (Fsp3) is 0.458. The van der Waals surface area contributed by atoms with Crippen molar-refractivity contribution < 1.29 is 14.6 Å². The number of amides is 1. The molecule has 1 amide bonds. The molecule has 0 bridgehead atoms. The minimum Gasteiger partial charge on any atom is -0.395 e. The number of primary amides is 1. The zero-order valence-corrected chi connectivity index (χ0v) is 19.5. The van der Waals surface area contributed by atoms with E-state index in [9.17, 15) is 9.90 Å². The normalized spacial score (nSPS) is 18.1. The van der Waals surface area contributed by atoms with Crippen molar-refractivity contribution in [1.29, 1.82) is 5.41 Å². The number of carbonyl (C=O) groups is 1. The van der Waals surface area contributed by atoms with E-state index in [0.29, 0.717) is 29.8 Å². The molecule has 0 radical (unpaired) electrons. The summed E-state index contributed by atoms with van der Waals surface area (Å²) in [5.74, 6) is 1.21. The Bertz CT molecular complexity index is 1200. The van der Waals surface area contributed by atoms with Crippen molar-refractivity contribution in [2.24, 2.45) is 17.6 Å². The molecule has 1 saturated carbocycles. The molecule has 1 aliphatic rings. The summed E-state index contributed by atoms with van der Waals surface area (Å²) in [6, 6.07) is 7.88. The fourth-order valence-corrected chi connectivity index (χ4v) is 4.53. The Balaban J connectivity index is 1.88. The number of aryl methyl sites for hydroxylation is 1. The highest BCUT2D eigenvalue weighted by Crippen LogP contribution is 2.34. The van der Waals surface area contributed by atoms with Crippen molar-refractivity contribution >= 4 is 29.1 Å². The van der Waals surface area contributed by atoms with Crippen LogP contribution in [-0.2, 0) is 11.3 Å². The highest BCUT2D eigenvalue weighted by Gasteiger charge is 2.25. The number of aliphatic hydroxyl groups is 1. The molecule has 2 heterocycles. The molecule has 5 N–H and O–H groups in total. The van der Waals surface area contributed by atoms with E-state index in [2.05, 4.69) is 31.8 Å². The largest absolute Gasteiger partial charge is 0.411 e. The van der Waals surface area contributed by atoms with E-state index in [1.807, 2.05) is 31.2 Å². The van der Waals surface area contributed by atoms with Crippen LogP contribution < -0.4 is 11.1 Å². The number of imidazole rings is 1. The molecule has 10 nitrogen and oxygen atoms in total. The Morgan fingerprint density at radius 2 is 2.03 bits per heavy atom. The summed E-state index contributed by atoms with van der Waals surface area (Å²) >= 11 is 0. The van der Waals surface area contributed by atoms with Gasteiger partial charge in [-0.1, -0.05) is 43.5 Å². The van der Waals surface area contributed by atoms with Gasteiger partial charge in [0.15, 0.2) is 5.65 Å². The fourth-order valence-electron chi connectivity index (χ4n) is 4.53. The van der Waals surface area contributed by atoms with Gasteiger partial charge in [0.05, 0.1) is 6.61 Å². The van der Waals surface area contributed by atoms with Gasteiger partial charge in [-0.25, -0.2) is 14.8 Å². The number of nitrogens with two attached hydrogens (primary N) is 1. The lowest BCUT2D eigenvalue weighted by atomic mass is 9.83. The number of fused-ring (bicyclic) bond motifs is 1. The molecule has 4 rings (SSSR count). The number of hydrogen-bond donors (Lipinski definition) is 4. The maximum absolute atomic E-state index is 11.2. The number of hydrogen-bond acceptors (Lipinski definition) is 8. The molecule has 3 aromatic rings. The molecule has 2 aromatic heterocycles. The quantitative estimate of drug-likeness (QED) is 0.308. The van der Waals surface area contributed by atoms with Gasteiger partial charge in [0.1, 0.15) is 11.2 Å². The van der Waals surface area contributed by atoms with Crippen LogP contribution in [0.5, 0.6) is 0 Å². The number of aliphatic hydroxyl groups excluding tert-OH is 1. The maximum atomic E-state index is 11.2. The zero-order chi connectivity index (χ0) is 24.2. The van der Waals surface area contributed by atoms with Crippen LogP contribution >= 0.6 is 0 Å². The van der Waals surface area contributed by atoms with Crippen LogP contribution in [0.4, 0.5) is 10.7 Å². The van der Waals surface area contributed by atoms with Crippen LogP contribution in [0.15, 0.2) is 24.3 Å². The molecule has 10 heteroatoms. The van der Waals surface area contributed by atoms with E-state index in [1.54, 1.807) is 0 Å². The van der Waals surface area contributed by atoms with Crippen LogP contribution in [-0.4, -0.2) is 49.8 Å². The number of rotatable bonds is 7. The van der Waals surface area contributed by atoms with E-state index >= 15 is 0 Å². The number of nitrogens with zero attached hydrogens (tertiary/aromatic N) is 4. The maximum Gasteiger partial charge on any atom is 0.411 e. The third kappa shape index (κ3) is 5.17. The smallest absolute Gasteiger partial charge is 0.395 e. The van der Waals surface area contributed by atoms with Crippen molar-refractivity contribution in [2.45, 2.75) is 46.1 Å². The summed E-state index contributed by atoms with van der Waals surface area (Å²) in [7, 11) is 0. The number of carbonyl (C=O) groups excluding carboxylic acids is 1. The summed E-state index contributed by atoms with van der Waals surface area (Å²) in [5.41, 5.74) is 8.70.